The van der Waals surface area contributed by atoms with Gasteiger partial charge in [0.15, 0.2) is 0 Å². The number of rotatable bonds is 4. The average molecular weight is 410 g/mol. The monoisotopic (exact) mass is 410 g/mol. The van der Waals surface area contributed by atoms with Gasteiger partial charge in [-0.1, -0.05) is 6.07 Å². The zero-order chi connectivity index (χ0) is 20.7. The van der Waals surface area contributed by atoms with Gasteiger partial charge in [-0.3, -0.25) is 9.71 Å². The minimum absolute atomic E-state index is 0.144. The van der Waals surface area contributed by atoms with Crippen molar-refractivity contribution in [3.8, 4) is 0 Å². The van der Waals surface area contributed by atoms with E-state index in [4.69, 9.17) is 5.11 Å². The van der Waals surface area contributed by atoms with Crippen molar-refractivity contribution in [3.63, 3.8) is 0 Å². The molecule has 0 spiro atoms. The molecule has 0 bridgehead atoms. The zero-order valence-corrected chi connectivity index (χ0v) is 15.1. The molecule has 146 valence electrons. The van der Waals surface area contributed by atoms with E-state index in [0.29, 0.717) is 23.1 Å². The standard InChI is InChI=1S/C18H13F3N2O4S/c1-10-5-11-3-2-4-22-16(11)15(6-10)28(26,27)23-14-8-12(17(24)25)7-13(9-14)18(19,20)21/h2-9,23H,1H3,(H,24,25). The third kappa shape index (κ3) is 3.91. The number of aromatic carboxylic acids is 1. The van der Waals surface area contributed by atoms with Crippen molar-refractivity contribution < 1.29 is 31.5 Å². The second-order valence-corrected chi connectivity index (χ2v) is 7.70. The summed E-state index contributed by atoms with van der Waals surface area (Å²) in [5.41, 5.74) is -1.74. The maximum absolute atomic E-state index is 13.0. The average Bonchev–Trinajstić information content (AvgIpc) is 2.59. The van der Waals surface area contributed by atoms with E-state index in [1.165, 1.54) is 12.3 Å². The van der Waals surface area contributed by atoms with Crippen LogP contribution in [0.2, 0.25) is 0 Å². The first-order valence-electron chi connectivity index (χ1n) is 7.81. The van der Waals surface area contributed by atoms with Gasteiger partial charge < -0.3 is 5.11 Å². The summed E-state index contributed by atoms with van der Waals surface area (Å²) in [5, 5.41) is 9.58. The van der Waals surface area contributed by atoms with Crippen LogP contribution in [0.15, 0.2) is 53.6 Å². The number of hydrogen-bond donors (Lipinski definition) is 2. The first kappa shape index (κ1) is 19.6. The lowest BCUT2D eigenvalue weighted by Crippen LogP contribution is -2.16. The molecular weight excluding hydrogens is 397 g/mol. The van der Waals surface area contributed by atoms with Gasteiger partial charge in [0.05, 0.1) is 22.3 Å². The summed E-state index contributed by atoms with van der Waals surface area (Å²) in [6, 6.07) is 8.12. The summed E-state index contributed by atoms with van der Waals surface area (Å²) in [6.07, 6.45) is -3.45. The number of alkyl halides is 3. The highest BCUT2D eigenvalue weighted by Crippen LogP contribution is 2.33. The number of carboxylic acids is 1. The number of fused-ring (bicyclic) bond motifs is 1. The molecule has 28 heavy (non-hydrogen) atoms. The summed E-state index contributed by atoms with van der Waals surface area (Å²) in [4.78, 5) is 14.9. The Kier molecular flexibility index (Phi) is 4.76. The molecule has 3 aromatic rings. The predicted octanol–water partition coefficient (Wildman–Crippen LogP) is 4.06. The first-order valence-corrected chi connectivity index (χ1v) is 9.29. The van der Waals surface area contributed by atoms with Gasteiger partial charge in [0.25, 0.3) is 10.0 Å². The van der Waals surface area contributed by atoms with Crippen molar-refractivity contribution in [3.05, 3.63) is 65.4 Å². The number of anilines is 1. The van der Waals surface area contributed by atoms with E-state index in [2.05, 4.69) is 4.98 Å². The number of aromatic nitrogens is 1. The predicted molar refractivity (Wildman–Crippen MR) is 95.7 cm³/mol. The molecule has 1 heterocycles. The Hall–Kier alpha value is -3.14. The van der Waals surface area contributed by atoms with E-state index in [1.54, 1.807) is 25.1 Å². The topological polar surface area (TPSA) is 96.4 Å². The number of hydrogen-bond acceptors (Lipinski definition) is 4. The fourth-order valence-corrected chi connectivity index (χ4v) is 4.00. The summed E-state index contributed by atoms with van der Waals surface area (Å²) in [7, 11) is -4.34. The van der Waals surface area contributed by atoms with Crippen LogP contribution >= 0.6 is 0 Å². The number of halogens is 3. The van der Waals surface area contributed by atoms with Crippen LogP contribution in [0, 0.1) is 6.92 Å². The Morgan fingerprint density at radius 2 is 1.86 bits per heavy atom. The van der Waals surface area contributed by atoms with Gasteiger partial charge in [0.2, 0.25) is 0 Å². The van der Waals surface area contributed by atoms with Gasteiger partial charge in [-0.05, 0) is 48.9 Å². The summed E-state index contributed by atoms with van der Waals surface area (Å²) < 4.78 is 66.8. The molecule has 0 radical (unpaired) electrons. The van der Waals surface area contributed by atoms with Gasteiger partial charge in [0.1, 0.15) is 4.90 Å². The molecule has 0 aliphatic rings. The minimum atomic E-state index is -4.84. The van der Waals surface area contributed by atoms with Gasteiger partial charge in [-0.15, -0.1) is 0 Å². The van der Waals surface area contributed by atoms with E-state index in [1.807, 2.05) is 4.72 Å². The third-order valence-corrected chi connectivity index (χ3v) is 5.26. The van der Waals surface area contributed by atoms with Crippen LogP contribution in [0.25, 0.3) is 10.9 Å². The zero-order valence-electron chi connectivity index (χ0n) is 14.3. The molecule has 3 rings (SSSR count). The summed E-state index contributed by atoms with van der Waals surface area (Å²) in [6.45, 7) is 1.66. The largest absolute Gasteiger partial charge is 0.478 e. The molecule has 10 heteroatoms. The second kappa shape index (κ2) is 6.79. The quantitative estimate of drug-likeness (QED) is 0.676. The number of sulfonamides is 1. The Labute approximate surface area is 157 Å². The molecule has 0 amide bonds. The van der Waals surface area contributed by atoms with Crippen LogP contribution in [-0.4, -0.2) is 24.5 Å². The molecule has 2 aromatic carbocycles. The molecular formula is C18H13F3N2O4S. The van der Waals surface area contributed by atoms with Crippen LogP contribution in [0.5, 0.6) is 0 Å². The molecule has 0 aliphatic heterocycles. The van der Waals surface area contributed by atoms with Crippen LogP contribution in [0.3, 0.4) is 0 Å². The molecule has 0 saturated carbocycles. The number of nitrogens with zero attached hydrogens (tertiary/aromatic N) is 1. The van der Waals surface area contributed by atoms with Gasteiger partial charge in [0, 0.05) is 11.6 Å². The highest BCUT2D eigenvalue weighted by atomic mass is 32.2. The van der Waals surface area contributed by atoms with Crippen LogP contribution in [0.1, 0.15) is 21.5 Å². The van der Waals surface area contributed by atoms with Crippen molar-refractivity contribution in [2.45, 2.75) is 18.0 Å². The Morgan fingerprint density at radius 3 is 2.50 bits per heavy atom. The highest BCUT2D eigenvalue weighted by molar-refractivity contribution is 7.93. The minimum Gasteiger partial charge on any atom is -0.478 e. The Bertz CT molecular complexity index is 1190. The van der Waals surface area contributed by atoms with Crippen LogP contribution in [0.4, 0.5) is 18.9 Å². The van der Waals surface area contributed by atoms with Crippen molar-refractivity contribution >= 4 is 32.6 Å². The number of pyridine rings is 1. The van der Waals surface area contributed by atoms with E-state index in [-0.39, 0.29) is 10.4 Å². The van der Waals surface area contributed by atoms with E-state index >= 15 is 0 Å². The maximum atomic E-state index is 13.0. The third-order valence-electron chi connectivity index (χ3n) is 3.86. The summed E-state index contributed by atoms with van der Waals surface area (Å²) >= 11 is 0. The smallest absolute Gasteiger partial charge is 0.416 e. The normalized spacial score (nSPS) is 12.1. The fourth-order valence-electron chi connectivity index (χ4n) is 2.69. The van der Waals surface area contributed by atoms with E-state index in [9.17, 15) is 26.4 Å². The number of nitrogens with one attached hydrogen (secondary N) is 1. The molecule has 0 saturated heterocycles. The molecule has 0 fully saturated rings. The molecule has 0 unspecified atom stereocenters. The molecule has 2 N–H and O–H groups in total. The number of carbonyl (C=O) groups is 1. The van der Waals surface area contributed by atoms with Crippen molar-refractivity contribution in [2.24, 2.45) is 0 Å². The first-order chi connectivity index (χ1) is 13.0. The molecule has 0 aliphatic carbocycles. The van der Waals surface area contributed by atoms with Crippen LogP contribution in [-0.2, 0) is 16.2 Å². The Morgan fingerprint density at radius 1 is 1.14 bits per heavy atom. The number of benzene rings is 2. The van der Waals surface area contributed by atoms with Gasteiger partial charge in [-0.25, -0.2) is 13.2 Å². The molecule has 1 aromatic heterocycles. The van der Waals surface area contributed by atoms with Gasteiger partial charge in [-0.2, -0.15) is 13.2 Å². The van der Waals surface area contributed by atoms with Gasteiger partial charge >= 0.3 is 12.1 Å². The van der Waals surface area contributed by atoms with Crippen molar-refractivity contribution in [2.75, 3.05) is 4.72 Å². The SMILES string of the molecule is Cc1cc(S(=O)(=O)Nc2cc(C(=O)O)cc(C(F)(F)F)c2)c2ncccc2c1. The molecule has 6 nitrogen and oxygen atoms in total. The Balaban J connectivity index is 2.14. The summed E-state index contributed by atoms with van der Waals surface area (Å²) in [5.74, 6) is -1.62. The second-order valence-electron chi connectivity index (χ2n) is 6.05. The van der Waals surface area contributed by atoms with Crippen molar-refractivity contribution in [1.29, 1.82) is 0 Å². The van der Waals surface area contributed by atoms with E-state index in [0.717, 1.165) is 6.07 Å². The van der Waals surface area contributed by atoms with Crippen LogP contribution < -0.4 is 4.72 Å². The fraction of sp³-hybridized carbons (Fsp3) is 0.111. The maximum Gasteiger partial charge on any atom is 0.416 e. The number of aryl methyl sites for hydroxylation is 1. The molecule has 0 atom stereocenters. The van der Waals surface area contributed by atoms with Crippen molar-refractivity contribution in [1.82, 2.24) is 4.98 Å². The van der Waals surface area contributed by atoms with E-state index < -0.39 is 39.0 Å². The lowest BCUT2D eigenvalue weighted by molar-refractivity contribution is -0.137. The lowest BCUT2D eigenvalue weighted by Gasteiger charge is -2.14. The highest BCUT2D eigenvalue weighted by Gasteiger charge is 2.32. The number of carboxylic acid groups (broad SMARTS) is 1. The lowest BCUT2D eigenvalue weighted by atomic mass is 10.1.